The predicted molar refractivity (Wildman–Crippen MR) is 182 cm³/mol. The smallest absolute Gasteiger partial charge is 0.271 e. The van der Waals surface area contributed by atoms with Crippen molar-refractivity contribution in [2.45, 2.75) is 40.7 Å². The zero-order chi connectivity index (χ0) is 32.0. The van der Waals surface area contributed by atoms with E-state index in [0.717, 1.165) is 39.0 Å². The summed E-state index contributed by atoms with van der Waals surface area (Å²) in [5.74, 6) is 0.473. The number of hydrogen-bond acceptors (Lipinski definition) is 5. The molecule has 230 valence electrons. The van der Waals surface area contributed by atoms with E-state index < -0.39 is 6.04 Å². The van der Waals surface area contributed by atoms with Gasteiger partial charge in [0.15, 0.2) is 4.80 Å². The minimum Gasteiger partial charge on any atom is -0.496 e. The molecule has 0 saturated heterocycles. The zero-order valence-electron chi connectivity index (χ0n) is 26.2. The van der Waals surface area contributed by atoms with Gasteiger partial charge in [-0.3, -0.25) is 14.2 Å². The zero-order valence-corrected chi connectivity index (χ0v) is 27.8. The minimum atomic E-state index is -0.723. The van der Waals surface area contributed by atoms with E-state index in [1.54, 1.807) is 16.6 Å². The average molecular weight is 639 g/mol. The Morgan fingerprint density at radius 2 is 1.76 bits per heavy atom. The number of thiazole rings is 1. The number of allylic oxidation sites excluding steroid dienone is 1. The fourth-order valence-corrected chi connectivity index (χ4v) is 7.51. The van der Waals surface area contributed by atoms with Gasteiger partial charge in [-0.25, -0.2) is 4.99 Å². The fourth-order valence-electron chi connectivity index (χ4n) is 6.35. The van der Waals surface area contributed by atoms with Crippen molar-refractivity contribution >= 4 is 45.7 Å². The van der Waals surface area contributed by atoms with Crippen LogP contribution < -0.4 is 19.6 Å². The molecule has 3 heterocycles. The number of nitrogens with zero attached hydrogens (tertiary/aromatic N) is 4. The number of rotatable bonds is 7. The van der Waals surface area contributed by atoms with Gasteiger partial charge in [-0.1, -0.05) is 53.3 Å². The van der Waals surface area contributed by atoms with Gasteiger partial charge < -0.3 is 14.2 Å². The van der Waals surface area contributed by atoms with E-state index in [2.05, 4.69) is 10.6 Å². The van der Waals surface area contributed by atoms with Gasteiger partial charge in [0.25, 0.3) is 11.5 Å². The highest BCUT2D eigenvalue weighted by Crippen LogP contribution is 2.40. The van der Waals surface area contributed by atoms with E-state index in [-0.39, 0.29) is 11.5 Å². The van der Waals surface area contributed by atoms with Crippen molar-refractivity contribution in [2.75, 3.05) is 20.2 Å². The molecule has 7 nitrogen and oxygen atoms in total. The molecule has 1 aliphatic heterocycles. The van der Waals surface area contributed by atoms with Crippen molar-refractivity contribution in [3.63, 3.8) is 0 Å². The third kappa shape index (κ3) is 5.22. The largest absolute Gasteiger partial charge is 0.496 e. The number of carbonyl (C=O) groups is 1. The van der Waals surface area contributed by atoms with E-state index in [0.29, 0.717) is 44.5 Å². The van der Waals surface area contributed by atoms with Crippen molar-refractivity contribution in [3.05, 3.63) is 125 Å². The van der Waals surface area contributed by atoms with Gasteiger partial charge in [0.05, 0.1) is 22.9 Å². The van der Waals surface area contributed by atoms with Crippen LogP contribution in [0.1, 0.15) is 49.3 Å². The molecule has 9 heteroatoms. The van der Waals surface area contributed by atoms with Crippen molar-refractivity contribution in [1.82, 2.24) is 14.0 Å². The first-order valence-electron chi connectivity index (χ1n) is 15.0. The summed E-state index contributed by atoms with van der Waals surface area (Å²) in [6, 6.07) is 21.0. The highest BCUT2D eigenvalue weighted by Gasteiger charge is 2.36. The topological polar surface area (TPSA) is 68.8 Å². The molecule has 3 aromatic carbocycles. The van der Waals surface area contributed by atoms with Crippen LogP contribution >= 0.6 is 22.9 Å². The number of fused-ring (bicyclic) bond motifs is 2. The molecule has 0 fully saturated rings. The summed E-state index contributed by atoms with van der Waals surface area (Å²) >= 11 is 7.48. The lowest BCUT2D eigenvalue weighted by atomic mass is 9.90. The molecule has 0 bridgehead atoms. The predicted octanol–water partition coefficient (Wildman–Crippen LogP) is 6.33. The third-order valence-corrected chi connectivity index (χ3v) is 9.80. The summed E-state index contributed by atoms with van der Waals surface area (Å²) in [4.78, 5) is 35.9. The number of halogens is 1. The molecule has 0 radical (unpaired) electrons. The number of carbonyl (C=O) groups excluding carboxylic acids is 1. The second-order valence-electron chi connectivity index (χ2n) is 11.1. The SMILES string of the molecule is CCN(CC)C(=O)C1=C(C)N=c2s/c(=C/c3cc(C)n(-c4ccc(Cl)cc4)c3C)c(=O)n2[C@H]1c1c(OC)ccc2ccccc12. The summed E-state index contributed by atoms with van der Waals surface area (Å²) in [5, 5.41) is 2.59. The molecule has 1 amide bonds. The third-order valence-electron chi connectivity index (χ3n) is 8.57. The summed E-state index contributed by atoms with van der Waals surface area (Å²) < 4.78 is 10.3. The Hall–Kier alpha value is -4.40. The van der Waals surface area contributed by atoms with Gasteiger partial charge in [-0.2, -0.15) is 0 Å². The molecule has 1 aliphatic rings. The lowest BCUT2D eigenvalue weighted by Gasteiger charge is -2.30. The van der Waals surface area contributed by atoms with Crippen molar-refractivity contribution < 1.29 is 9.53 Å². The number of likely N-dealkylation sites (N-methyl/N-ethyl adjacent to an activating group) is 1. The lowest BCUT2D eigenvalue weighted by Crippen LogP contribution is -2.43. The summed E-state index contributed by atoms with van der Waals surface area (Å²) in [6.45, 7) is 10.9. The molecule has 6 rings (SSSR count). The molecule has 0 saturated carbocycles. The van der Waals surface area contributed by atoms with Crippen molar-refractivity contribution in [1.29, 1.82) is 0 Å². The van der Waals surface area contributed by atoms with Gasteiger partial charge in [0.2, 0.25) is 0 Å². The van der Waals surface area contributed by atoms with E-state index in [9.17, 15) is 9.59 Å². The molecule has 5 aromatic rings. The molecule has 2 aromatic heterocycles. The fraction of sp³-hybridized carbons (Fsp3) is 0.250. The van der Waals surface area contributed by atoms with Gasteiger partial charge in [0.1, 0.15) is 11.8 Å². The van der Waals surface area contributed by atoms with Crippen LogP contribution in [0.25, 0.3) is 22.5 Å². The second kappa shape index (κ2) is 12.2. The van der Waals surface area contributed by atoms with Crippen LogP contribution in [0, 0.1) is 13.8 Å². The van der Waals surface area contributed by atoms with Crippen LogP contribution in [-0.4, -0.2) is 40.1 Å². The standard InChI is InChI=1S/C36H35ClN4O3S/c1-7-39(8-2)35(43)31-22(4)38-36-41(33(31)32-28-12-10-9-11-24(28)13-18-29(32)44-6)34(42)30(45-36)20-25-19-21(3)40(23(25)5)27-16-14-26(37)15-17-27/h9-20,33H,7-8H2,1-6H3/b30-20+/t33-/m1/s1. The number of aromatic nitrogens is 2. The van der Waals surface area contributed by atoms with Gasteiger partial charge in [-0.05, 0) is 93.4 Å². The van der Waals surface area contributed by atoms with Crippen LogP contribution in [0.4, 0.5) is 0 Å². The number of hydrogen-bond donors (Lipinski definition) is 0. The highest BCUT2D eigenvalue weighted by molar-refractivity contribution is 7.07. The molecular formula is C36H35ClN4O3S. The molecule has 0 unspecified atom stereocenters. The number of methoxy groups -OCH3 is 1. The van der Waals surface area contributed by atoms with Crippen LogP contribution in [0.3, 0.4) is 0 Å². The average Bonchev–Trinajstić information content (AvgIpc) is 3.49. The Morgan fingerprint density at radius 3 is 2.44 bits per heavy atom. The van der Waals surface area contributed by atoms with Crippen LogP contribution in [0.15, 0.2) is 87.8 Å². The maximum atomic E-state index is 14.5. The molecule has 45 heavy (non-hydrogen) atoms. The van der Waals surface area contributed by atoms with Crippen molar-refractivity contribution in [3.8, 4) is 11.4 Å². The normalized spacial score (nSPS) is 14.9. The Kier molecular flexibility index (Phi) is 8.29. The van der Waals surface area contributed by atoms with Gasteiger partial charge >= 0.3 is 0 Å². The minimum absolute atomic E-state index is 0.137. The van der Waals surface area contributed by atoms with E-state index in [4.69, 9.17) is 21.3 Å². The molecule has 0 N–H and O–H groups in total. The van der Waals surface area contributed by atoms with E-state index >= 15 is 0 Å². The van der Waals surface area contributed by atoms with E-state index in [1.807, 2.05) is 101 Å². The first-order valence-corrected chi connectivity index (χ1v) is 16.2. The molecule has 0 aliphatic carbocycles. The molecular weight excluding hydrogens is 604 g/mol. The Morgan fingerprint density at radius 1 is 1.04 bits per heavy atom. The van der Waals surface area contributed by atoms with E-state index in [1.165, 1.54) is 11.3 Å². The first-order chi connectivity index (χ1) is 21.7. The van der Waals surface area contributed by atoms with Gasteiger partial charge in [0, 0.05) is 40.8 Å². The lowest BCUT2D eigenvalue weighted by molar-refractivity contribution is -0.127. The monoisotopic (exact) mass is 638 g/mol. The number of amides is 1. The first kappa shape index (κ1) is 30.6. The molecule has 1 atom stereocenters. The maximum absolute atomic E-state index is 14.5. The maximum Gasteiger partial charge on any atom is 0.271 e. The Balaban J connectivity index is 1.61. The summed E-state index contributed by atoms with van der Waals surface area (Å²) in [5.41, 5.74) is 5.61. The number of benzene rings is 3. The summed E-state index contributed by atoms with van der Waals surface area (Å²) in [6.07, 6.45) is 1.93. The number of aryl methyl sites for hydroxylation is 1. The summed E-state index contributed by atoms with van der Waals surface area (Å²) in [7, 11) is 1.62. The Bertz CT molecular complexity index is 2170. The second-order valence-corrected chi connectivity index (χ2v) is 12.5. The molecule has 0 spiro atoms. The van der Waals surface area contributed by atoms with Crippen LogP contribution in [0.5, 0.6) is 5.75 Å². The van der Waals surface area contributed by atoms with Gasteiger partial charge in [-0.15, -0.1) is 0 Å². The Labute approximate surface area is 271 Å². The highest BCUT2D eigenvalue weighted by atomic mass is 35.5. The van der Waals surface area contributed by atoms with Crippen LogP contribution in [0.2, 0.25) is 5.02 Å². The van der Waals surface area contributed by atoms with Crippen LogP contribution in [-0.2, 0) is 4.79 Å². The quantitative estimate of drug-likeness (QED) is 0.209. The van der Waals surface area contributed by atoms with Crippen molar-refractivity contribution in [2.24, 2.45) is 4.99 Å². The number of ether oxygens (including phenoxy) is 1.